The Kier molecular flexibility index (Phi) is 3.20. The highest BCUT2D eigenvalue weighted by Crippen LogP contribution is 2.44. The van der Waals surface area contributed by atoms with Gasteiger partial charge in [0.15, 0.2) is 0 Å². The van der Waals surface area contributed by atoms with Crippen LogP contribution in [0.25, 0.3) is 0 Å². The van der Waals surface area contributed by atoms with Gasteiger partial charge in [-0.3, -0.25) is 0 Å². The molecule has 20 heavy (non-hydrogen) atoms. The molecule has 108 valence electrons. The highest BCUT2D eigenvalue weighted by atomic mass is 16.5. The molecule has 3 nitrogen and oxygen atoms in total. The number of nitrogens with zero attached hydrogens (tertiary/aromatic N) is 1. The number of fused-ring (bicyclic) bond motifs is 1. The molecule has 2 aliphatic heterocycles. The molecule has 2 heterocycles. The summed E-state index contributed by atoms with van der Waals surface area (Å²) in [7, 11) is 0. The van der Waals surface area contributed by atoms with Crippen molar-refractivity contribution in [3.8, 4) is 0 Å². The molecular weight excluding hydrogens is 248 g/mol. The van der Waals surface area contributed by atoms with Gasteiger partial charge in [-0.2, -0.15) is 0 Å². The van der Waals surface area contributed by atoms with Crippen molar-refractivity contribution in [2.75, 3.05) is 24.6 Å². The number of hydrogen-bond acceptors (Lipinski definition) is 3. The summed E-state index contributed by atoms with van der Waals surface area (Å²) < 4.78 is 6.10. The summed E-state index contributed by atoms with van der Waals surface area (Å²) in [6.45, 7) is 4.15. The van der Waals surface area contributed by atoms with Gasteiger partial charge >= 0.3 is 0 Å². The van der Waals surface area contributed by atoms with Gasteiger partial charge in [0.1, 0.15) is 0 Å². The lowest BCUT2D eigenvalue weighted by Crippen LogP contribution is -2.52. The van der Waals surface area contributed by atoms with Crippen LogP contribution in [0.2, 0.25) is 0 Å². The minimum absolute atomic E-state index is 0.234. The number of ether oxygens (including phenoxy) is 1. The molecule has 0 radical (unpaired) electrons. The molecule has 1 unspecified atom stereocenters. The smallest absolute Gasteiger partial charge is 0.0702 e. The van der Waals surface area contributed by atoms with Gasteiger partial charge in [0.25, 0.3) is 0 Å². The molecule has 1 aliphatic carbocycles. The Morgan fingerprint density at radius 2 is 2.15 bits per heavy atom. The summed E-state index contributed by atoms with van der Waals surface area (Å²) in [4.78, 5) is 2.65. The monoisotopic (exact) mass is 272 g/mol. The lowest BCUT2D eigenvalue weighted by molar-refractivity contribution is -0.132. The Bertz CT molecular complexity index is 484. The summed E-state index contributed by atoms with van der Waals surface area (Å²) in [5, 5.41) is 3.55. The number of anilines is 1. The van der Waals surface area contributed by atoms with Crippen molar-refractivity contribution in [2.24, 2.45) is 0 Å². The molecule has 0 bridgehead atoms. The second kappa shape index (κ2) is 5.05. The lowest BCUT2D eigenvalue weighted by atomic mass is 9.73. The predicted octanol–water partition coefficient (Wildman–Crippen LogP) is 2.70. The van der Waals surface area contributed by atoms with Crippen LogP contribution in [0.4, 0.5) is 5.69 Å². The molecule has 3 heteroatoms. The summed E-state index contributed by atoms with van der Waals surface area (Å²) in [6, 6.07) is 9.55. The lowest BCUT2D eigenvalue weighted by Gasteiger charge is -2.50. The second-order valence-electron chi connectivity index (χ2n) is 6.53. The fraction of sp³-hybridized carbons (Fsp3) is 0.647. The van der Waals surface area contributed by atoms with Crippen LogP contribution in [0.3, 0.4) is 0 Å². The van der Waals surface area contributed by atoms with Crippen LogP contribution in [0, 0.1) is 0 Å². The van der Waals surface area contributed by atoms with Crippen molar-refractivity contribution in [1.29, 1.82) is 0 Å². The van der Waals surface area contributed by atoms with E-state index in [1.54, 1.807) is 0 Å². The van der Waals surface area contributed by atoms with Crippen molar-refractivity contribution in [3.05, 3.63) is 29.8 Å². The zero-order valence-electron chi connectivity index (χ0n) is 12.1. The number of hydrogen-bond donors (Lipinski definition) is 1. The van der Waals surface area contributed by atoms with Gasteiger partial charge in [-0.05, 0) is 43.7 Å². The van der Waals surface area contributed by atoms with Gasteiger partial charge in [0, 0.05) is 38.0 Å². The maximum atomic E-state index is 6.10. The van der Waals surface area contributed by atoms with E-state index in [2.05, 4.69) is 34.5 Å². The molecule has 2 fully saturated rings. The minimum atomic E-state index is 0.234. The van der Waals surface area contributed by atoms with Crippen LogP contribution < -0.4 is 10.2 Å². The first-order valence-corrected chi connectivity index (χ1v) is 8.06. The number of para-hydroxylation sites is 1. The Balaban J connectivity index is 1.60. The molecule has 0 amide bonds. The molecule has 1 atom stereocenters. The van der Waals surface area contributed by atoms with Gasteiger partial charge in [-0.25, -0.2) is 0 Å². The van der Waals surface area contributed by atoms with Crippen LogP contribution in [-0.4, -0.2) is 31.3 Å². The van der Waals surface area contributed by atoms with Crippen LogP contribution in [0.1, 0.15) is 37.7 Å². The zero-order valence-corrected chi connectivity index (χ0v) is 12.1. The normalized spacial score (nSPS) is 28.6. The maximum Gasteiger partial charge on any atom is 0.0702 e. The Hall–Kier alpha value is -1.06. The molecule has 1 aromatic rings. The van der Waals surface area contributed by atoms with Gasteiger partial charge in [-0.15, -0.1) is 0 Å². The first-order chi connectivity index (χ1) is 9.86. The van der Waals surface area contributed by atoms with Crippen molar-refractivity contribution >= 4 is 5.69 Å². The molecule has 0 aromatic heterocycles. The summed E-state index contributed by atoms with van der Waals surface area (Å²) in [5.41, 5.74) is 3.12. The van der Waals surface area contributed by atoms with Gasteiger partial charge in [0.2, 0.25) is 0 Å². The number of nitrogens with one attached hydrogen (secondary N) is 1. The molecule has 3 aliphatic rings. The van der Waals surface area contributed by atoms with E-state index in [1.165, 1.54) is 43.4 Å². The average Bonchev–Trinajstić information content (AvgIpc) is 2.68. The van der Waals surface area contributed by atoms with Crippen LogP contribution in [0.5, 0.6) is 0 Å². The molecule has 4 rings (SSSR count). The second-order valence-corrected chi connectivity index (χ2v) is 6.53. The molecule has 1 saturated carbocycles. The van der Waals surface area contributed by atoms with E-state index in [4.69, 9.17) is 4.74 Å². The first kappa shape index (κ1) is 12.7. The summed E-state index contributed by atoms with van der Waals surface area (Å²) in [6.07, 6.45) is 6.30. The van der Waals surface area contributed by atoms with E-state index < -0.39 is 0 Å². The van der Waals surface area contributed by atoms with E-state index in [1.807, 2.05) is 0 Å². The molecule has 1 spiro atoms. The summed E-state index contributed by atoms with van der Waals surface area (Å²) >= 11 is 0. The van der Waals surface area contributed by atoms with Crippen LogP contribution >= 0.6 is 0 Å². The maximum absolute atomic E-state index is 6.10. The molecule has 1 aromatic carbocycles. The van der Waals surface area contributed by atoms with Crippen LogP contribution in [-0.2, 0) is 11.3 Å². The van der Waals surface area contributed by atoms with E-state index in [-0.39, 0.29) is 5.60 Å². The van der Waals surface area contributed by atoms with E-state index in [0.717, 1.165) is 26.2 Å². The largest absolute Gasteiger partial charge is 0.375 e. The topological polar surface area (TPSA) is 24.5 Å². The fourth-order valence-electron chi connectivity index (χ4n) is 4.05. The quantitative estimate of drug-likeness (QED) is 0.850. The Morgan fingerprint density at radius 1 is 1.25 bits per heavy atom. The highest BCUT2D eigenvalue weighted by Gasteiger charge is 2.44. The molecule has 1 saturated heterocycles. The Morgan fingerprint density at radius 3 is 3.00 bits per heavy atom. The van der Waals surface area contributed by atoms with Gasteiger partial charge in [-0.1, -0.05) is 18.2 Å². The zero-order chi connectivity index (χ0) is 13.4. The minimum Gasteiger partial charge on any atom is -0.375 e. The van der Waals surface area contributed by atoms with Crippen molar-refractivity contribution in [1.82, 2.24) is 5.32 Å². The van der Waals surface area contributed by atoms with Crippen molar-refractivity contribution in [3.63, 3.8) is 0 Å². The first-order valence-electron chi connectivity index (χ1n) is 8.06. The third kappa shape index (κ3) is 2.13. The van der Waals surface area contributed by atoms with E-state index in [0.29, 0.717) is 6.04 Å². The molecule has 1 N–H and O–H groups in total. The SMILES string of the molecule is c1ccc2c(c1)CNCCN2C1CCOC2(CCC2)C1. The van der Waals surface area contributed by atoms with E-state index in [9.17, 15) is 0 Å². The third-order valence-corrected chi connectivity index (χ3v) is 5.32. The van der Waals surface area contributed by atoms with Crippen molar-refractivity contribution < 1.29 is 4.74 Å². The standard InChI is InChI=1S/C17H24N2O/c1-2-5-16-14(4-1)13-18-9-10-19(16)15-6-11-20-17(12-15)7-3-8-17/h1-2,4-5,15,18H,3,6-13H2. The van der Waals surface area contributed by atoms with Crippen molar-refractivity contribution in [2.45, 2.75) is 50.3 Å². The third-order valence-electron chi connectivity index (χ3n) is 5.32. The summed E-state index contributed by atoms with van der Waals surface area (Å²) in [5.74, 6) is 0. The highest BCUT2D eigenvalue weighted by molar-refractivity contribution is 5.55. The number of rotatable bonds is 1. The van der Waals surface area contributed by atoms with Crippen LogP contribution in [0.15, 0.2) is 24.3 Å². The van der Waals surface area contributed by atoms with Gasteiger partial charge < -0.3 is 15.0 Å². The number of benzene rings is 1. The molecular formula is C17H24N2O. The fourth-order valence-corrected chi connectivity index (χ4v) is 4.05. The van der Waals surface area contributed by atoms with E-state index >= 15 is 0 Å². The average molecular weight is 272 g/mol. The van der Waals surface area contributed by atoms with Gasteiger partial charge in [0.05, 0.1) is 5.60 Å². The predicted molar refractivity (Wildman–Crippen MR) is 81.1 cm³/mol. The Labute approximate surface area is 121 Å².